The first kappa shape index (κ1) is 16.3. The van der Waals surface area contributed by atoms with Gasteiger partial charge >= 0.3 is 0 Å². The molecule has 2 heterocycles. The SMILES string of the molecule is CCc1nn(C)c(CC(NC)C2CSCCN2C)c1Br. The van der Waals surface area contributed by atoms with Crippen LogP contribution in [0.25, 0.3) is 0 Å². The number of hydrogen-bond donors (Lipinski definition) is 1. The maximum Gasteiger partial charge on any atom is 0.0766 e. The first-order chi connectivity index (χ1) is 9.58. The Morgan fingerprint density at radius 3 is 2.80 bits per heavy atom. The normalized spacial score (nSPS) is 22.1. The van der Waals surface area contributed by atoms with E-state index in [1.807, 2.05) is 11.7 Å². The predicted octanol–water partition coefficient (Wildman–Crippen LogP) is 1.92. The Morgan fingerprint density at radius 2 is 2.25 bits per heavy atom. The maximum atomic E-state index is 4.60. The van der Waals surface area contributed by atoms with Crippen LogP contribution in [0.3, 0.4) is 0 Å². The van der Waals surface area contributed by atoms with Gasteiger partial charge in [-0.15, -0.1) is 0 Å². The molecule has 1 aromatic rings. The lowest BCUT2D eigenvalue weighted by molar-refractivity contribution is 0.217. The molecule has 2 atom stereocenters. The Hall–Kier alpha value is -0.0400. The second-order valence-electron chi connectivity index (χ2n) is 5.41. The van der Waals surface area contributed by atoms with Crippen LogP contribution in [0.2, 0.25) is 0 Å². The minimum Gasteiger partial charge on any atom is -0.315 e. The molecule has 1 N–H and O–H groups in total. The van der Waals surface area contributed by atoms with E-state index >= 15 is 0 Å². The van der Waals surface area contributed by atoms with Gasteiger partial charge in [-0.3, -0.25) is 4.68 Å². The average molecular weight is 361 g/mol. The van der Waals surface area contributed by atoms with Crippen molar-refractivity contribution in [3.05, 3.63) is 15.9 Å². The van der Waals surface area contributed by atoms with E-state index in [0.29, 0.717) is 12.1 Å². The molecule has 0 amide bonds. The summed E-state index contributed by atoms with van der Waals surface area (Å²) in [6.45, 7) is 3.33. The first-order valence-corrected chi connectivity index (χ1v) is 9.18. The molecule has 20 heavy (non-hydrogen) atoms. The van der Waals surface area contributed by atoms with Gasteiger partial charge in [0.1, 0.15) is 0 Å². The maximum absolute atomic E-state index is 4.60. The van der Waals surface area contributed by atoms with Crippen molar-refractivity contribution in [2.24, 2.45) is 7.05 Å². The number of hydrogen-bond acceptors (Lipinski definition) is 4. The summed E-state index contributed by atoms with van der Waals surface area (Å²) in [6.07, 6.45) is 1.98. The third kappa shape index (κ3) is 3.40. The van der Waals surface area contributed by atoms with Crippen LogP contribution in [-0.4, -0.2) is 58.9 Å². The fourth-order valence-electron chi connectivity index (χ4n) is 2.81. The number of likely N-dealkylation sites (N-methyl/N-ethyl adjacent to an activating group) is 2. The molecule has 114 valence electrons. The van der Waals surface area contributed by atoms with Crippen LogP contribution in [0, 0.1) is 0 Å². The number of aryl methyl sites for hydroxylation is 2. The summed E-state index contributed by atoms with van der Waals surface area (Å²) in [5, 5.41) is 8.12. The zero-order valence-corrected chi connectivity index (χ0v) is 15.2. The van der Waals surface area contributed by atoms with E-state index in [2.05, 4.69) is 64.0 Å². The molecule has 0 bridgehead atoms. The van der Waals surface area contributed by atoms with E-state index in [-0.39, 0.29) is 0 Å². The van der Waals surface area contributed by atoms with Crippen molar-refractivity contribution >= 4 is 27.7 Å². The highest BCUT2D eigenvalue weighted by Gasteiger charge is 2.28. The van der Waals surface area contributed by atoms with Gasteiger partial charge in [0.2, 0.25) is 0 Å². The molecule has 1 aliphatic rings. The summed E-state index contributed by atoms with van der Waals surface area (Å²) < 4.78 is 3.22. The van der Waals surface area contributed by atoms with Crippen LogP contribution >= 0.6 is 27.7 Å². The van der Waals surface area contributed by atoms with Crippen molar-refractivity contribution in [2.75, 3.05) is 32.1 Å². The third-order valence-electron chi connectivity index (χ3n) is 4.19. The van der Waals surface area contributed by atoms with Crippen LogP contribution in [0.4, 0.5) is 0 Å². The Kier molecular flexibility index (Phi) is 5.95. The molecule has 2 rings (SSSR count). The van der Waals surface area contributed by atoms with Crippen LogP contribution in [-0.2, 0) is 19.9 Å². The summed E-state index contributed by atoms with van der Waals surface area (Å²) in [6, 6.07) is 1.05. The Balaban J connectivity index is 2.15. The summed E-state index contributed by atoms with van der Waals surface area (Å²) in [4.78, 5) is 2.49. The van der Waals surface area contributed by atoms with Crippen molar-refractivity contribution in [3.8, 4) is 0 Å². The summed E-state index contributed by atoms with van der Waals surface area (Å²) in [7, 11) is 6.36. The molecule has 0 spiro atoms. The van der Waals surface area contributed by atoms with Gasteiger partial charge in [-0.2, -0.15) is 16.9 Å². The van der Waals surface area contributed by atoms with Gasteiger partial charge in [-0.05, 0) is 36.4 Å². The molecule has 4 nitrogen and oxygen atoms in total. The summed E-state index contributed by atoms with van der Waals surface area (Å²) in [5.41, 5.74) is 2.45. The van der Waals surface area contributed by atoms with Crippen molar-refractivity contribution in [3.63, 3.8) is 0 Å². The second-order valence-corrected chi connectivity index (χ2v) is 7.35. The molecule has 0 saturated carbocycles. The quantitative estimate of drug-likeness (QED) is 0.869. The van der Waals surface area contributed by atoms with Crippen LogP contribution in [0.5, 0.6) is 0 Å². The number of aromatic nitrogens is 2. The highest BCUT2D eigenvalue weighted by Crippen LogP contribution is 2.25. The zero-order chi connectivity index (χ0) is 14.7. The highest BCUT2D eigenvalue weighted by molar-refractivity contribution is 9.10. The lowest BCUT2D eigenvalue weighted by atomic mass is 10.0. The minimum atomic E-state index is 0.462. The molecule has 2 unspecified atom stereocenters. The number of thioether (sulfide) groups is 1. The topological polar surface area (TPSA) is 33.1 Å². The van der Waals surface area contributed by atoms with Crippen LogP contribution in [0.1, 0.15) is 18.3 Å². The summed E-state index contributed by atoms with van der Waals surface area (Å²) in [5.74, 6) is 2.46. The van der Waals surface area contributed by atoms with Crippen molar-refractivity contribution in [1.82, 2.24) is 20.0 Å². The van der Waals surface area contributed by atoms with Gasteiger partial charge in [0.25, 0.3) is 0 Å². The molecule has 0 radical (unpaired) electrons. The van der Waals surface area contributed by atoms with E-state index in [1.165, 1.54) is 28.2 Å². The molecule has 1 saturated heterocycles. The summed E-state index contributed by atoms with van der Waals surface area (Å²) >= 11 is 5.79. The van der Waals surface area contributed by atoms with E-state index in [0.717, 1.165) is 18.5 Å². The Labute approximate surface area is 134 Å². The smallest absolute Gasteiger partial charge is 0.0766 e. The minimum absolute atomic E-state index is 0.462. The van der Waals surface area contributed by atoms with Crippen LogP contribution < -0.4 is 5.32 Å². The fourth-order valence-corrected chi connectivity index (χ4v) is 4.90. The molecular formula is C14H25BrN4S. The standard InChI is InChI=1S/C14H25BrN4S/c1-5-10-14(15)12(19(4)17-10)8-11(16-2)13-9-20-7-6-18(13)3/h11,13,16H,5-9H2,1-4H3. The van der Waals surface area contributed by atoms with Crippen molar-refractivity contribution in [1.29, 1.82) is 0 Å². The predicted molar refractivity (Wildman–Crippen MR) is 90.6 cm³/mol. The zero-order valence-electron chi connectivity index (χ0n) is 12.8. The van der Waals surface area contributed by atoms with E-state index in [4.69, 9.17) is 0 Å². The largest absolute Gasteiger partial charge is 0.315 e. The van der Waals surface area contributed by atoms with E-state index in [9.17, 15) is 0 Å². The van der Waals surface area contributed by atoms with Gasteiger partial charge in [0.05, 0.1) is 15.9 Å². The Morgan fingerprint density at radius 1 is 1.50 bits per heavy atom. The number of nitrogens with zero attached hydrogens (tertiary/aromatic N) is 3. The lowest BCUT2D eigenvalue weighted by Gasteiger charge is -2.37. The molecule has 1 aliphatic heterocycles. The Bertz CT molecular complexity index is 449. The van der Waals surface area contributed by atoms with Gasteiger partial charge in [-0.1, -0.05) is 6.92 Å². The first-order valence-electron chi connectivity index (χ1n) is 7.24. The third-order valence-corrected chi connectivity index (χ3v) is 6.16. The van der Waals surface area contributed by atoms with Gasteiger partial charge in [0.15, 0.2) is 0 Å². The number of nitrogens with one attached hydrogen (secondary N) is 1. The molecule has 1 fully saturated rings. The number of halogens is 1. The van der Waals surface area contributed by atoms with Crippen molar-refractivity contribution in [2.45, 2.75) is 31.8 Å². The van der Waals surface area contributed by atoms with Crippen LogP contribution in [0.15, 0.2) is 4.47 Å². The molecular weight excluding hydrogens is 336 g/mol. The molecule has 1 aromatic heterocycles. The van der Waals surface area contributed by atoms with Crippen molar-refractivity contribution < 1.29 is 0 Å². The van der Waals surface area contributed by atoms with Gasteiger partial charge in [-0.25, -0.2) is 0 Å². The average Bonchev–Trinajstić information content (AvgIpc) is 2.72. The van der Waals surface area contributed by atoms with Gasteiger partial charge in [0, 0.05) is 43.6 Å². The van der Waals surface area contributed by atoms with E-state index < -0.39 is 0 Å². The van der Waals surface area contributed by atoms with E-state index in [1.54, 1.807) is 0 Å². The monoisotopic (exact) mass is 360 g/mol. The molecule has 0 aliphatic carbocycles. The highest BCUT2D eigenvalue weighted by atomic mass is 79.9. The second kappa shape index (κ2) is 7.29. The number of rotatable bonds is 5. The van der Waals surface area contributed by atoms with Gasteiger partial charge < -0.3 is 10.2 Å². The fraction of sp³-hybridized carbons (Fsp3) is 0.786. The molecule has 0 aromatic carbocycles. The lowest BCUT2D eigenvalue weighted by Crippen LogP contribution is -2.53. The molecule has 6 heteroatoms.